The van der Waals surface area contributed by atoms with Crippen molar-refractivity contribution in [3.05, 3.63) is 110 Å². The molecule has 4 aromatic rings. The number of carbonyl (C=O) groups is 2. The van der Waals surface area contributed by atoms with Crippen molar-refractivity contribution >= 4 is 46.4 Å². The lowest BCUT2D eigenvalue weighted by Crippen LogP contribution is -2.34. The number of hydrogen-bond acceptors (Lipinski definition) is 5. The van der Waals surface area contributed by atoms with E-state index in [1.54, 1.807) is 92.3 Å². The molecule has 39 heavy (non-hydrogen) atoms. The van der Waals surface area contributed by atoms with Crippen LogP contribution in [0.4, 0.5) is 5.69 Å². The van der Waals surface area contributed by atoms with Gasteiger partial charge in [0, 0.05) is 22.7 Å². The average molecular weight is 566 g/mol. The van der Waals surface area contributed by atoms with Crippen LogP contribution in [0.1, 0.15) is 23.7 Å². The molecule has 0 spiro atoms. The lowest BCUT2D eigenvalue weighted by Gasteiger charge is -2.10. The van der Waals surface area contributed by atoms with E-state index in [-0.39, 0.29) is 12.3 Å². The van der Waals surface area contributed by atoms with E-state index in [2.05, 4.69) is 15.8 Å². The van der Waals surface area contributed by atoms with Crippen molar-refractivity contribution < 1.29 is 14.3 Å². The van der Waals surface area contributed by atoms with Gasteiger partial charge in [0.1, 0.15) is 18.0 Å². The molecular formula is C28H25Cl2N5O4. The van der Waals surface area contributed by atoms with Crippen molar-refractivity contribution in [3.63, 3.8) is 0 Å². The van der Waals surface area contributed by atoms with Crippen molar-refractivity contribution in [3.8, 4) is 11.4 Å². The van der Waals surface area contributed by atoms with Crippen molar-refractivity contribution in [2.75, 3.05) is 5.32 Å². The summed E-state index contributed by atoms with van der Waals surface area (Å²) < 4.78 is 8.78. The maximum atomic E-state index is 13.0. The van der Waals surface area contributed by atoms with Crippen LogP contribution in [0, 0.1) is 6.92 Å². The van der Waals surface area contributed by atoms with Gasteiger partial charge >= 0.3 is 11.8 Å². The molecule has 0 saturated carbocycles. The Kier molecular flexibility index (Phi) is 8.53. The van der Waals surface area contributed by atoms with Crippen molar-refractivity contribution in [1.29, 1.82) is 0 Å². The first-order chi connectivity index (χ1) is 18.7. The van der Waals surface area contributed by atoms with Crippen LogP contribution in [-0.4, -0.2) is 26.9 Å². The Bertz CT molecular complexity index is 1590. The van der Waals surface area contributed by atoms with Gasteiger partial charge in [0.15, 0.2) is 0 Å². The number of nitrogens with one attached hydrogen (secondary N) is 2. The summed E-state index contributed by atoms with van der Waals surface area (Å²) in [4.78, 5) is 37.9. The minimum atomic E-state index is -1.01. The Morgan fingerprint density at radius 3 is 2.21 bits per heavy atom. The normalized spacial score (nSPS) is 11.3. The Labute approximate surface area is 234 Å². The summed E-state index contributed by atoms with van der Waals surface area (Å²) in [7, 11) is 1.69. The van der Waals surface area contributed by atoms with Gasteiger partial charge in [-0.25, -0.2) is 10.1 Å². The molecular weight excluding hydrogens is 541 g/mol. The van der Waals surface area contributed by atoms with E-state index < -0.39 is 17.4 Å². The maximum Gasteiger partial charge on any atom is 0.329 e. The molecule has 0 bridgehead atoms. The summed E-state index contributed by atoms with van der Waals surface area (Å²) >= 11 is 12.4. The number of hydrazone groups is 1. The summed E-state index contributed by atoms with van der Waals surface area (Å²) in [5.74, 6) is -1.44. The molecule has 3 aromatic carbocycles. The van der Waals surface area contributed by atoms with Crippen LogP contribution in [0.5, 0.6) is 5.75 Å². The fraction of sp³-hybridized carbons (Fsp3) is 0.143. The molecule has 9 nitrogen and oxygen atoms in total. The summed E-state index contributed by atoms with van der Waals surface area (Å²) in [6.45, 7) is 3.55. The summed E-state index contributed by atoms with van der Waals surface area (Å²) in [6.07, 6.45) is 0. The van der Waals surface area contributed by atoms with Gasteiger partial charge in [-0.05, 0) is 67.9 Å². The third-order valence-electron chi connectivity index (χ3n) is 6.04. The van der Waals surface area contributed by atoms with Gasteiger partial charge in [0.25, 0.3) is 5.56 Å². The molecule has 200 valence electrons. The smallest absolute Gasteiger partial charge is 0.329 e. The Balaban J connectivity index is 1.38. The van der Waals surface area contributed by atoms with Crippen LogP contribution in [0.25, 0.3) is 5.69 Å². The maximum absolute atomic E-state index is 13.0. The largest absolute Gasteiger partial charge is 0.489 e. The first-order valence-corrected chi connectivity index (χ1v) is 12.6. The molecule has 1 aromatic heterocycles. The fourth-order valence-electron chi connectivity index (χ4n) is 3.75. The average Bonchev–Trinajstić information content (AvgIpc) is 3.14. The van der Waals surface area contributed by atoms with Gasteiger partial charge in [0.2, 0.25) is 0 Å². The van der Waals surface area contributed by atoms with Crippen LogP contribution < -0.4 is 21.0 Å². The Hall–Kier alpha value is -4.34. The number of benzene rings is 3. The van der Waals surface area contributed by atoms with Crippen LogP contribution in [0.2, 0.25) is 10.0 Å². The first-order valence-electron chi connectivity index (χ1n) is 11.8. The fourth-order valence-corrected chi connectivity index (χ4v) is 4.26. The van der Waals surface area contributed by atoms with Crippen molar-refractivity contribution in [1.82, 2.24) is 14.8 Å². The zero-order valence-corrected chi connectivity index (χ0v) is 22.9. The number of anilines is 1. The summed E-state index contributed by atoms with van der Waals surface area (Å²) in [5.41, 5.74) is 4.74. The zero-order valence-electron chi connectivity index (χ0n) is 21.4. The highest BCUT2D eigenvalue weighted by molar-refractivity contribution is 6.39. The molecule has 1 heterocycles. The van der Waals surface area contributed by atoms with Gasteiger partial charge < -0.3 is 10.1 Å². The monoisotopic (exact) mass is 565 g/mol. The number of aromatic nitrogens is 2. The molecule has 0 fully saturated rings. The number of carbonyl (C=O) groups excluding carboxylic acids is 2. The molecule has 0 saturated heterocycles. The highest BCUT2D eigenvalue weighted by atomic mass is 35.5. The number of hydrogen-bond donors (Lipinski definition) is 2. The molecule has 0 aliphatic carbocycles. The topological polar surface area (TPSA) is 107 Å². The van der Waals surface area contributed by atoms with E-state index in [0.717, 1.165) is 0 Å². The highest BCUT2D eigenvalue weighted by Crippen LogP contribution is 2.26. The van der Waals surface area contributed by atoms with Gasteiger partial charge in [-0.3, -0.25) is 19.1 Å². The predicted octanol–water partition coefficient (Wildman–Crippen LogP) is 4.85. The second-order valence-electron chi connectivity index (χ2n) is 8.54. The van der Waals surface area contributed by atoms with E-state index in [1.165, 1.54) is 4.68 Å². The molecule has 2 amide bonds. The molecule has 4 rings (SSSR count). The van der Waals surface area contributed by atoms with Crippen LogP contribution in [-0.2, 0) is 23.2 Å². The zero-order chi connectivity index (χ0) is 28.1. The van der Waals surface area contributed by atoms with E-state index in [0.29, 0.717) is 44.0 Å². The summed E-state index contributed by atoms with van der Waals surface area (Å²) in [6, 6.07) is 21.2. The third-order valence-corrected chi connectivity index (χ3v) is 6.75. The Morgan fingerprint density at radius 2 is 1.56 bits per heavy atom. The van der Waals surface area contributed by atoms with Crippen molar-refractivity contribution in [2.24, 2.45) is 12.1 Å². The van der Waals surface area contributed by atoms with Gasteiger partial charge in [-0.1, -0.05) is 47.5 Å². The second-order valence-corrected chi connectivity index (χ2v) is 9.36. The molecule has 11 heteroatoms. The quantitative estimate of drug-likeness (QED) is 0.190. The van der Waals surface area contributed by atoms with Gasteiger partial charge in [0.05, 0.1) is 17.1 Å². The minimum Gasteiger partial charge on any atom is -0.489 e. The lowest BCUT2D eigenvalue weighted by atomic mass is 10.1. The van der Waals surface area contributed by atoms with E-state index in [4.69, 9.17) is 27.9 Å². The molecule has 0 radical (unpaired) electrons. The van der Waals surface area contributed by atoms with Gasteiger partial charge in [-0.15, -0.1) is 0 Å². The SMILES string of the molecule is C/C(=N\NC(=O)C(=O)Nc1c(C)n(C)n(-c2ccccc2)c1=O)c1ccc(OCc2c(Cl)cccc2Cl)cc1. The van der Waals surface area contributed by atoms with E-state index in [9.17, 15) is 14.4 Å². The van der Waals surface area contributed by atoms with Crippen molar-refractivity contribution in [2.45, 2.75) is 20.5 Å². The third kappa shape index (κ3) is 6.22. The number of rotatable bonds is 7. The Morgan fingerprint density at radius 1 is 0.923 bits per heavy atom. The van der Waals surface area contributed by atoms with E-state index >= 15 is 0 Å². The summed E-state index contributed by atoms with van der Waals surface area (Å²) in [5, 5.41) is 7.46. The molecule has 0 atom stereocenters. The molecule has 2 N–H and O–H groups in total. The minimum absolute atomic E-state index is 0.0101. The first kappa shape index (κ1) is 27.7. The van der Waals surface area contributed by atoms with Crippen LogP contribution >= 0.6 is 23.2 Å². The second kappa shape index (κ2) is 12.0. The predicted molar refractivity (Wildman–Crippen MR) is 152 cm³/mol. The number of halogens is 2. The molecule has 0 aliphatic rings. The number of ether oxygens (including phenoxy) is 1. The number of nitrogens with zero attached hydrogens (tertiary/aromatic N) is 3. The molecule has 0 aliphatic heterocycles. The van der Waals surface area contributed by atoms with Crippen LogP contribution in [0.15, 0.2) is 82.7 Å². The van der Waals surface area contributed by atoms with E-state index in [1.807, 2.05) is 6.07 Å². The van der Waals surface area contributed by atoms with Gasteiger partial charge in [-0.2, -0.15) is 5.10 Å². The highest BCUT2D eigenvalue weighted by Gasteiger charge is 2.21. The number of para-hydroxylation sites is 1. The standard InChI is InChI=1S/C28H25Cl2N5O4/c1-17(19-12-14-21(15-13-19)39-16-22-23(29)10-7-11-24(22)30)32-33-27(37)26(36)31-25-18(2)34(3)35(28(25)38)20-8-5-4-6-9-20/h4-15H,16H2,1-3H3,(H,31,36)(H,33,37)/b32-17+. The lowest BCUT2D eigenvalue weighted by molar-refractivity contribution is -0.136. The van der Waals surface area contributed by atoms with Crippen LogP contribution in [0.3, 0.4) is 0 Å². The molecule has 0 unspecified atom stereocenters. The number of amides is 2.